The molecule has 0 aromatic carbocycles. The number of carboxylic acid groups (broad SMARTS) is 1. The van der Waals surface area contributed by atoms with Gasteiger partial charge in [-0.15, -0.1) is 0 Å². The Morgan fingerprint density at radius 2 is 1.87 bits per heavy atom. The normalized spacial score (nSPS) is 11.6. The number of nitrogens with zero attached hydrogens (tertiary/aromatic N) is 1. The van der Waals surface area contributed by atoms with Gasteiger partial charge in [-0.3, -0.25) is 9.59 Å². The summed E-state index contributed by atoms with van der Waals surface area (Å²) in [4.78, 5) is 25.8. The molecule has 0 rings (SSSR count). The lowest BCUT2D eigenvalue weighted by Crippen LogP contribution is -2.45. The minimum absolute atomic E-state index is 0.0372. The maximum absolute atomic E-state index is 12.8. The van der Waals surface area contributed by atoms with Crippen molar-refractivity contribution in [2.45, 2.75) is 31.4 Å². The van der Waals surface area contributed by atoms with Gasteiger partial charge in [0.25, 0.3) is 14.4 Å². The zero-order valence-electron chi connectivity index (χ0n) is 18.1. The summed E-state index contributed by atoms with van der Waals surface area (Å²) in [5.74, 6) is -1.39. The van der Waals surface area contributed by atoms with Crippen LogP contribution in [0.5, 0.6) is 0 Å². The summed E-state index contributed by atoms with van der Waals surface area (Å²) in [5, 5.41) is 15.1. The molecule has 170 valence electrons. The van der Waals surface area contributed by atoms with Gasteiger partial charge in [0.1, 0.15) is 6.04 Å². The van der Waals surface area contributed by atoms with Crippen LogP contribution in [0.2, 0.25) is 19.0 Å². The van der Waals surface area contributed by atoms with Crippen molar-refractivity contribution in [2.75, 3.05) is 47.3 Å². The van der Waals surface area contributed by atoms with E-state index in [0.29, 0.717) is 53.7 Å². The monoisotopic (exact) mass is 429 g/mol. The molecule has 0 aliphatic heterocycles. The smallest absolute Gasteiger partial charge is 0.361 e. The first-order valence-corrected chi connectivity index (χ1v) is 10.0. The average molecular weight is 429 g/mol. The molecule has 0 aliphatic rings. The maximum Gasteiger partial charge on any atom is 0.361 e. The molecule has 16 heteroatoms. The largest absolute Gasteiger partial charge is 0.480 e. The molecule has 0 saturated carbocycles. The Bertz CT molecular complexity index is 459. The second kappa shape index (κ2) is 19.8. The van der Waals surface area contributed by atoms with E-state index in [2.05, 4.69) is 10.5 Å². The van der Waals surface area contributed by atoms with Crippen molar-refractivity contribution in [1.82, 2.24) is 15.4 Å². The van der Waals surface area contributed by atoms with Gasteiger partial charge in [0.05, 0.1) is 19.9 Å². The quantitative estimate of drug-likeness (QED) is 0.0692. The van der Waals surface area contributed by atoms with E-state index in [-0.39, 0.29) is 40.3 Å². The van der Waals surface area contributed by atoms with Crippen molar-refractivity contribution < 1.29 is 33.3 Å². The fourth-order valence-corrected chi connectivity index (χ4v) is 2.72. The van der Waals surface area contributed by atoms with E-state index in [1.807, 2.05) is 0 Å². The van der Waals surface area contributed by atoms with Gasteiger partial charge in [0, 0.05) is 27.3 Å². The average Bonchev–Trinajstić information content (AvgIpc) is 2.72. The molecule has 7 N–H and O–H groups in total. The highest BCUT2D eigenvalue weighted by molar-refractivity contribution is 6.52. The van der Waals surface area contributed by atoms with Gasteiger partial charge in [0.2, 0.25) is 5.91 Å². The van der Waals surface area contributed by atoms with E-state index in [0.717, 1.165) is 0 Å². The van der Waals surface area contributed by atoms with Crippen LogP contribution in [0.15, 0.2) is 0 Å². The van der Waals surface area contributed by atoms with Crippen molar-refractivity contribution >= 4 is 41.5 Å². The van der Waals surface area contributed by atoms with Crippen LogP contribution in [0.1, 0.15) is 6.42 Å². The van der Waals surface area contributed by atoms with Crippen molar-refractivity contribution in [3.8, 4) is 0 Å². The highest BCUT2D eigenvalue weighted by Gasteiger charge is 2.25. The minimum atomic E-state index is -1.11. The summed E-state index contributed by atoms with van der Waals surface area (Å²) in [6, 6.07) is -1.03. The number of carbonyl (C=O) groups excluding carboxylic acids is 1. The van der Waals surface area contributed by atoms with Crippen LogP contribution in [-0.2, 0) is 28.2 Å². The molecule has 0 unspecified atom stereocenters. The SMILES string of the molecule is COBNCCB(CCN(CCBOCN)C(=O)C[C@H](NBOC)C(=O)O)OCN. The van der Waals surface area contributed by atoms with E-state index in [4.69, 9.17) is 30.1 Å². The summed E-state index contributed by atoms with van der Waals surface area (Å²) < 4.78 is 20.5. The van der Waals surface area contributed by atoms with Crippen LogP contribution >= 0.6 is 0 Å². The third-order valence-electron chi connectivity index (χ3n) is 4.28. The molecule has 1 amide bonds. The Labute approximate surface area is 181 Å². The molecule has 0 aromatic heterocycles. The number of hydrogen-bond acceptors (Lipinski definition) is 10. The van der Waals surface area contributed by atoms with Crippen molar-refractivity contribution in [1.29, 1.82) is 0 Å². The first-order valence-electron chi connectivity index (χ1n) is 10.0. The number of hydrogen-bond donors (Lipinski definition) is 5. The Balaban J connectivity index is 4.84. The minimum Gasteiger partial charge on any atom is -0.480 e. The first kappa shape index (κ1) is 28.9. The number of carboxylic acids is 1. The Morgan fingerprint density at radius 1 is 1.13 bits per heavy atom. The fraction of sp³-hybridized carbons (Fsp3) is 0.857. The van der Waals surface area contributed by atoms with E-state index < -0.39 is 12.0 Å². The number of nitrogens with two attached hydrogens (primary N) is 2. The van der Waals surface area contributed by atoms with E-state index in [1.54, 1.807) is 12.0 Å². The molecule has 0 fully saturated rings. The van der Waals surface area contributed by atoms with E-state index in [1.165, 1.54) is 7.11 Å². The molecule has 0 radical (unpaired) electrons. The Morgan fingerprint density at radius 3 is 2.47 bits per heavy atom. The van der Waals surface area contributed by atoms with E-state index in [9.17, 15) is 14.7 Å². The summed E-state index contributed by atoms with van der Waals surface area (Å²) in [5.41, 5.74) is 10.8. The number of aliphatic carboxylic acids is 1. The third-order valence-corrected chi connectivity index (χ3v) is 4.28. The van der Waals surface area contributed by atoms with Crippen molar-refractivity contribution in [3.05, 3.63) is 0 Å². The van der Waals surface area contributed by atoms with Crippen LogP contribution in [0, 0.1) is 0 Å². The fourth-order valence-electron chi connectivity index (χ4n) is 2.72. The van der Waals surface area contributed by atoms with Gasteiger partial charge in [-0.2, -0.15) is 0 Å². The first-order chi connectivity index (χ1) is 14.5. The van der Waals surface area contributed by atoms with Crippen LogP contribution in [0.4, 0.5) is 0 Å². The zero-order valence-corrected chi connectivity index (χ0v) is 18.1. The molecule has 0 heterocycles. The van der Waals surface area contributed by atoms with Gasteiger partial charge >= 0.3 is 21.2 Å². The number of nitrogens with one attached hydrogen (secondary N) is 2. The summed E-state index contributed by atoms with van der Waals surface area (Å²) >= 11 is 0. The third kappa shape index (κ3) is 14.8. The highest BCUT2D eigenvalue weighted by atomic mass is 16.4. The van der Waals surface area contributed by atoms with Gasteiger partial charge < -0.3 is 50.5 Å². The molecule has 12 nitrogen and oxygen atoms in total. The lowest BCUT2D eigenvalue weighted by Gasteiger charge is -2.26. The molecule has 0 spiro atoms. The van der Waals surface area contributed by atoms with Crippen LogP contribution in [-0.4, -0.2) is 105 Å². The van der Waals surface area contributed by atoms with Crippen LogP contribution in [0.25, 0.3) is 0 Å². The van der Waals surface area contributed by atoms with Gasteiger partial charge in [0.15, 0.2) is 0 Å². The summed E-state index contributed by atoms with van der Waals surface area (Å²) in [6.07, 6.45) is 1.67. The van der Waals surface area contributed by atoms with Crippen molar-refractivity contribution in [3.63, 3.8) is 0 Å². The molecule has 0 aliphatic carbocycles. The molecular weight excluding hydrogens is 393 g/mol. The summed E-state index contributed by atoms with van der Waals surface area (Å²) in [7, 11) is 3.93. The molecule has 0 saturated heterocycles. The lowest BCUT2D eigenvalue weighted by molar-refractivity contribution is -0.143. The predicted molar refractivity (Wildman–Crippen MR) is 120 cm³/mol. The topological polar surface area (TPSA) is 171 Å². The van der Waals surface area contributed by atoms with Gasteiger partial charge in [-0.1, -0.05) is 0 Å². The van der Waals surface area contributed by atoms with Gasteiger partial charge in [-0.05, 0) is 25.5 Å². The van der Waals surface area contributed by atoms with Crippen LogP contribution < -0.4 is 21.9 Å². The van der Waals surface area contributed by atoms with E-state index >= 15 is 0 Å². The van der Waals surface area contributed by atoms with Crippen LogP contribution in [0.3, 0.4) is 0 Å². The standard InChI is InChI=1S/C14H35B4N5O7/c1-27-16-21-6-4-18(30-11-20)5-8-23(7-3-15-29-10-19)13(24)9-12(14(25)26)22-17-28-2/h12,15-17,21-22H,3-11,19-20H2,1-2H3,(H,25,26)/t12-/m0/s1. The predicted octanol–water partition coefficient (Wildman–Crippen LogP) is -3.71. The van der Waals surface area contributed by atoms with Gasteiger partial charge in [-0.25, -0.2) is 0 Å². The Kier molecular flexibility index (Phi) is 19.1. The number of carbonyl (C=O) groups is 2. The molecule has 0 aromatic rings. The second-order valence-electron chi connectivity index (χ2n) is 6.51. The Hall–Kier alpha value is -1.12. The second-order valence-corrected chi connectivity index (χ2v) is 6.51. The number of rotatable bonds is 21. The molecular formula is C14H35B4N5O7. The molecule has 30 heavy (non-hydrogen) atoms. The zero-order chi connectivity index (χ0) is 22.6. The summed E-state index contributed by atoms with van der Waals surface area (Å²) in [6.45, 7) is 1.56. The highest BCUT2D eigenvalue weighted by Crippen LogP contribution is 2.08. The number of amides is 1. The maximum atomic E-state index is 12.8. The lowest BCUT2D eigenvalue weighted by atomic mass is 9.61. The molecule has 1 atom stereocenters. The molecule has 0 bridgehead atoms. The van der Waals surface area contributed by atoms with Crippen molar-refractivity contribution in [2.24, 2.45) is 11.5 Å².